The normalized spacial score (nSPS) is 21.4. The van der Waals surface area contributed by atoms with Crippen LogP contribution >= 0.6 is 0 Å². The van der Waals surface area contributed by atoms with Crippen molar-refractivity contribution in [2.45, 2.75) is 19.4 Å². The zero-order valence-corrected chi connectivity index (χ0v) is 9.40. The quantitative estimate of drug-likeness (QED) is 0.742. The Bertz CT molecular complexity index is 506. The Morgan fingerprint density at radius 3 is 2.94 bits per heavy atom. The highest BCUT2D eigenvalue weighted by molar-refractivity contribution is 5.85. The van der Waals surface area contributed by atoms with Gasteiger partial charge in [0.25, 0.3) is 0 Å². The molecule has 0 aromatic heterocycles. The molecular formula is C15H15N. The lowest BCUT2D eigenvalue weighted by molar-refractivity contribution is 1.01. The first-order valence-electron chi connectivity index (χ1n) is 5.84. The fourth-order valence-corrected chi connectivity index (χ4v) is 2.55. The number of para-hydroxylation sites is 1. The minimum absolute atomic E-state index is 0.356. The summed E-state index contributed by atoms with van der Waals surface area (Å²) in [7, 11) is 0. The summed E-state index contributed by atoms with van der Waals surface area (Å²) in [6.45, 7) is 2.23. The van der Waals surface area contributed by atoms with E-state index in [-0.39, 0.29) is 0 Å². The van der Waals surface area contributed by atoms with Crippen LogP contribution in [0, 0.1) is 0 Å². The number of allylic oxidation sites excluding steroid dienone is 3. The highest BCUT2D eigenvalue weighted by Gasteiger charge is 2.22. The number of hydrogen-bond acceptors (Lipinski definition) is 1. The molecule has 0 bridgehead atoms. The fraction of sp³-hybridized carbons (Fsp3) is 0.200. The number of rotatable bonds is 1. The van der Waals surface area contributed by atoms with E-state index < -0.39 is 0 Å². The van der Waals surface area contributed by atoms with Crippen LogP contribution in [-0.4, -0.2) is 6.04 Å². The maximum absolute atomic E-state index is 3.57. The maximum atomic E-state index is 3.57. The van der Waals surface area contributed by atoms with Crippen LogP contribution in [0.2, 0.25) is 0 Å². The van der Waals surface area contributed by atoms with Gasteiger partial charge in [0, 0.05) is 11.3 Å². The van der Waals surface area contributed by atoms with E-state index in [4.69, 9.17) is 0 Å². The summed E-state index contributed by atoms with van der Waals surface area (Å²) >= 11 is 0. The molecule has 1 heteroatoms. The van der Waals surface area contributed by atoms with Gasteiger partial charge in [0.15, 0.2) is 0 Å². The van der Waals surface area contributed by atoms with Crippen molar-refractivity contribution in [2.75, 3.05) is 5.32 Å². The number of nitrogens with one attached hydrogen (secondary N) is 1. The van der Waals surface area contributed by atoms with E-state index in [2.05, 4.69) is 60.8 Å². The molecule has 1 atom stereocenters. The molecule has 1 aliphatic heterocycles. The van der Waals surface area contributed by atoms with Gasteiger partial charge in [-0.15, -0.1) is 0 Å². The molecule has 1 aromatic rings. The van der Waals surface area contributed by atoms with Crippen LogP contribution in [0.1, 0.15) is 18.9 Å². The van der Waals surface area contributed by atoms with Crippen molar-refractivity contribution in [2.24, 2.45) is 0 Å². The van der Waals surface area contributed by atoms with Crippen LogP contribution in [0.15, 0.2) is 54.1 Å². The average Bonchev–Trinajstić information content (AvgIpc) is 2.36. The van der Waals surface area contributed by atoms with E-state index in [9.17, 15) is 0 Å². The SMILES string of the molecule is CCC1=C2C=CC=CC2Nc2ccccc21. The first kappa shape index (κ1) is 9.46. The molecule has 2 aliphatic rings. The second kappa shape index (κ2) is 3.67. The van der Waals surface area contributed by atoms with E-state index in [0.717, 1.165) is 6.42 Å². The minimum Gasteiger partial charge on any atom is -0.374 e. The van der Waals surface area contributed by atoms with Crippen LogP contribution in [-0.2, 0) is 0 Å². The molecule has 1 N–H and O–H groups in total. The Morgan fingerprint density at radius 1 is 1.19 bits per heavy atom. The molecule has 0 amide bonds. The van der Waals surface area contributed by atoms with Crippen molar-refractivity contribution >= 4 is 11.3 Å². The zero-order valence-electron chi connectivity index (χ0n) is 9.40. The summed E-state index contributed by atoms with van der Waals surface area (Å²) in [5.41, 5.74) is 5.51. The van der Waals surface area contributed by atoms with Crippen molar-refractivity contribution < 1.29 is 0 Å². The first-order chi connectivity index (χ1) is 7.90. The van der Waals surface area contributed by atoms with Gasteiger partial charge in [-0.25, -0.2) is 0 Å². The van der Waals surface area contributed by atoms with Crippen LogP contribution in [0.3, 0.4) is 0 Å². The number of hydrogen-bond donors (Lipinski definition) is 1. The summed E-state index contributed by atoms with van der Waals surface area (Å²) < 4.78 is 0. The molecule has 0 radical (unpaired) electrons. The van der Waals surface area contributed by atoms with Gasteiger partial charge in [-0.1, -0.05) is 49.4 Å². The number of fused-ring (bicyclic) bond motifs is 2. The average molecular weight is 209 g/mol. The predicted molar refractivity (Wildman–Crippen MR) is 69.3 cm³/mol. The van der Waals surface area contributed by atoms with Gasteiger partial charge in [-0.2, -0.15) is 0 Å². The maximum Gasteiger partial charge on any atom is 0.0704 e. The lowest BCUT2D eigenvalue weighted by Crippen LogP contribution is -2.25. The Hall–Kier alpha value is -1.76. The van der Waals surface area contributed by atoms with Crippen LogP contribution < -0.4 is 5.32 Å². The lowest BCUT2D eigenvalue weighted by atomic mass is 9.86. The minimum atomic E-state index is 0.356. The second-order valence-electron chi connectivity index (χ2n) is 4.20. The predicted octanol–water partition coefficient (Wildman–Crippen LogP) is 3.77. The molecule has 16 heavy (non-hydrogen) atoms. The Kier molecular flexibility index (Phi) is 2.17. The number of benzene rings is 1. The monoisotopic (exact) mass is 209 g/mol. The van der Waals surface area contributed by atoms with E-state index in [1.165, 1.54) is 22.4 Å². The number of anilines is 1. The third kappa shape index (κ3) is 1.32. The topological polar surface area (TPSA) is 12.0 Å². The molecule has 0 saturated heterocycles. The molecule has 1 heterocycles. The van der Waals surface area contributed by atoms with Crippen LogP contribution in [0.5, 0.6) is 0 Å². The summed E-state index contributed by atoms with van der Waals surface area (Å²) in [5, 5.41) is 3.57. The standard InChI is InChI=1S/C15H15N/c1-2-11-12-7-3-5-9-14(12)16-15-10-6-4-8-13(11)15/h3-10,14,16H,2H2,1H3. The Morgan fingerprint density at radius 2 is 2.06 bits per heavy atom. The molecule has 80 valence electrons. The van der Waals surface area contributed by atoms with Crippen molar-refractivity contribution in [3.8, 4) is 0 Å². The molecule has 1 aromatic carbocycles. The Labute approximate surface area is 96.2 Å². The van der Waals surface area contributed by atoms with Crippen LogP contribution in [0.25, 0.3) is 5.57 Å². The van der Waals surface area contributed by atoms with Gasteiger partial charge in [0.05, 0.1) is 6.04 Å². The van der Waals surface area contributed by atoms with Gasteiger partial charge < -0.3 is 5.32 Å². The summed E-state index contributed by atoms with van der Waals surface area (Å²) in [4.78, 5) is 0. The molecule has 0 fully saturated rings. The molecule has 0 spiro atoms. The summed E-state index contributed by atoms with van der Waals surface area (Å²) in [6.07, 6.45) is 9.77. The van der Waals surface area contributed by atoms with Gasteiger partial charge in [0.1, 0.15) is 0 Å². The molecule has 3 rings (SSSR count). The fourth-order valence-electron chi connectivity index (χ4n) is 2.55. The van der Waals surface area contributed by atoms with E-state index in [1.807, 2.05) is 0 Å². The highest BCUT2D eigenvalue weighted by atomic mass is 14.9. The van der Waals surface area contributed by atoms with E-state index in [0.29, 0.717) is 6.04 Å². The van der Waals surface area contributed by atoms with Crippen molar-refractivity contribution in [1.29, 1.82) is 0 Å². The largest absolute Gasteiger partial charge is 0.374 e. The molecule has 1 nitrogen and oxygen atoms in total. The summed E-state index contributed by atoms with van der Waals surface area (Å²) in [5.74, 6) is 0. The second-order valence-corrected chi connectivity index (χ2v) is 4.20. The lowest BCUT2D eigenvalue weighted by Gasteiger charge is -2.30. The van der Waals surface area contributed by atoms with E-state index >= 15 is 0 Å². The smallest absolute Gasteiger partial charge is 0.0704 e. The highest BCUT2D eigenvalue weighted by Crippen LogP contribution is 2.37. The summed E-state index contributed by atoms with van der Waals surface area (Å²) in [6, 6.07) is 8.92. The zero-order chi connectivity index (χ0) is 11.0. The van der Waals surface area contributed by atoms with E-state index in [1.54, 1.807) is 0 Å². The van der Waals surface area contributed by atoms with Gasteiger partial charge >= 0.3 is 0 Å². The third-order valence-electron chi connectivity index (χ3n) is 3.29. The third-order valence-corrected chi connectivity index (χ3v) is 3.29. The molecular weight excluding hydrogens is 194 g/mol. The first-order valence-corrected chi connectivity index (χ1v) is 5.84. The van der Waals surface area contributed by atoms with Crippen molar-refractivity contribution in [3.05, 3.63) is 59.7 Å². The Balaban J connectivity index is 2.21. The van der Waals surface area contributed by atoms with Crippen LogP contribution in [0.4, 0.5) is 5.69 Å². The van der Waals surface area contributed by atoms with Gasteiger partial charge in [-0.3, -0.25) is 0 Å². The molecule has 1 aliphatic carbocycles. The van der Waals surface area contributed by atoms with Gasteiger partial charge in [-0.05, 0) is 23.6 Å². The van der Waals surface area contributed by atoms with Gasteiger partial charge in [0.2, 0.25) is 0 Å². The molecule has 1 unspecified atom stereocenters. The molecule has 0 saturated carbocycles. The van der Waals surface area contributed by atoms with Crippen molar-refractivity contribution in [3.63, 3.8) is 0 Å². The van der Waals surface area contributed by atoms with Crippen molar-refractivity contribution in [1.82, 2.24) is 0 Å².